The van der Waals surface area contributed by atoms with E-state index in [-0.39, 0.29) is 5.54 Å². The molecule has 3 heteroatoms. The molecule has 2 aliphatic rings. The van der Waals surface area contributed by atoms with Gasteiger partial charge in [-0.2, -0.15) is 0 Å². The Morgan fingerprint density at radius 3 is 2.63 bits per heavy atom. The molecule has 104 valence electrons. The molecule has 2 N–H and O–H groups in total. The van der Waals surface area contributed by atoms with Crippen molar-refractivity contribution in [3.05, 3.63) is 33.8 Å². The fourth-order valence-electron chi connectivity index (χ4n) is 3.62. The Balaban J connectivity index is 1.73. The van der Waals surface area contributed by atoms with E-state index < -0.39 is 0 Å². The van der Waals surface area contributed by atoms with Crippen molar-refractivity contribution in [2.45, 2.75) is 50.5 Å². The molecule has 0 spiro atoms. The minimum absolute atomic E-state index is 0.0665. The van der Waals surface area contributed by atoms with Gasteiger partial charge < -0.3 is 5.73 Å². The maximum absolute atomic E-state index is 6.66. The van der Waals surface area contributed by atoms with Crippen LogP contribution in [0, 0.1) is 11.8 Å². The van der Waals surface area contributed by atoms with Crippen molar-refractivity contribution in [2.75, 3.05) is 0 Å². The molecule has 2 unspecified atom stereocenters. The van der Waals surface area contributed by atoms with E-state index in [1.807, 2.05) is 18.2 Å². The van der Waals surface area contributed by atoms with Crippen molar-refractivity contribution in [1.29, 1.82) is 0 Å². The van der Waals surface area contributed by atoms with Gasteiger partial charge in [0.2, 0.25) is 0 Å². The summed E-state index contributed by atoms with van der Waals surface area (Å²) in [6, 6.07) is 5.76. The van der Waals surface area contributed by atoms with Crippen LogP contribution in [-0.4, -0.2) is 5.54 Å². The van der Waals surface area contributed by atoms with Gasteiger partial charge in [0, 0.05) is 15.6 Å². The monoisotopic (exact) mass is 297 g/mol. The average Bonchev–Trinajstić information content (AvgIpc) is 3.17. The van der Waals surface area contributed by atoms with Crippen molar-refractivity contribution in [3.63, 3.8) is 0 Å². The van der Waals surface area contributed by atoms with Crippen LogP contribution in [0.2, 0.25) is 10.0 Å². The standard InChI is InChI=1S/C16H21Cl2N/c17-14-6-5-13(15(18)8-14)10-16(19)7-1-2-12(9-16)11-3-4-11/h5-6,8,11-12H,1-4,7,9-10,19H2. The summed E-state index contributed by atoms with van der Waals surface area (Å²) in [5, 5.41) is 1.45. The Morgan fingerprint density at radius 1 is 1.16 bits per heavy atom. The molecule has 2 saturated carbocycles. The Hall–Kier alpha value is -0.240. The lowest BCUT2D eigenvalue weighted by Gasteiger charge is -2.38. The Bertz CT molecular complexity index is 470. The molecule has 2 aliphatic carbocycles. The van der Waals surface area contributed by atoms with Crippen molar-refractivity contribution < 1.29 is 0 Å². The molecule has 2 atom stereocenters. The van der Waals surface area contributed by atoms with E-state index in [2.05, 4.69) is 0 Å². The van der Waals surface area contributed by atoms with Crippen LogP contribution < -0.4 is 5.73 Å². The zero-order valence-electron chi connectivity index (χ0n) is 11.2. The van der Waals surface area contributed by atoms with E-state index in [1.54, 1.807) is 0 Å². The van der Waals surface area contributed by atoms with Crippen molar-refractivity contribution in [2.24, 2.45) is 17.6 Å². The number of halogens is 2. The van der Waals surface area contributed by atoms with E-state index in [1.165, 1.54) is 25.7 Å². The second-order valence-electron chi connectivity index (χ2n) is 6.47. The summed E-state index contributed by atoms with van der Waals surface area (Å²) in [7, 11) is 0. The van der Waals surface area contributed by atoms with Gasteiger partial charge in [-0.25, -0.2) is 0 Å². The van der Waals surface area contributed by atoms with Crippen molar-refractivity contribution in [1.82, 2.24) is 0 Å². The van der Waals surface area contributed by atoms with Crippen LogP contribution in [0.4, 0.5) is 0 Å². The Labute approximate surface area is 125 Å². The molecule has 0 radical (unpaired) electrons. The molecule has 0 heterocycles. The maximum Gasteiger partial charge on any atom is 0.0453 e. The van der Waals surface area contributed by atoms with E-state index in [4.69, 9.17) is 28.9 Å². The van der Waals surface area contributed by atoms with E-state index in [0.29, 0.717) is 5.02 Å². The van der Waals surface area contributed by atoms with Gasteiger partial charge >= 0.3 is 0 Å². The number of benzene rings is 1. The minimum atomic E-state index is -0.0665. The fraction of sp³-hybridized carbons (Fsp3) is 0.625. The predicted molar refractivity (Wildman–Crippen MR) is 81.8 cm³/mol. The second kappa shape index (κ2) is 5.27. The van der Waals surface area contributed by atoms with Crippen molar-refractivity contribution >= 4 is 23.2 Å². The number of nitrogens with two attached hydrogens (primary N) is 1. The maximum atomic E-state index is 6.66. The van der Waals surface area contributed by atoms with E-state index >= 15 is 0 Å². The number of hydrogen-bond donors (Lipinski definition) is 1. The van der Waals surface area contributed by atoms with Crippen LogP contribution in [0.3, 0.4) is 0 Å². The summed E-state index contributed by atoms with van der Waals surface area (Å²) in [6.07, 6.45) is 8.64. The number of rotatable bonds is 3. The summed E-state index contributed by atoms with van der Waals surface area (Å²) in [5.41, 5.74) is 7.74. The highest BCUT2D eigenvalue weighted by atomic mass is 35.5. The summed E-state index contributed by atoms with van der Waals surface area (Å²) < 4.78 is 0. The zero-order chi connectivity index (χ0) is 13.5. The summed E-state index contributed by atoms with van der Waals surface area (Å²) in [4.78, 5) is 0. The molecule has 1 aromatic rings. The first kappa shape index (κ1) is 13.7. The molecule has 0 aromatic heterocycles. The highest BCUT2D eigenvalue weighted by Gasteiger charge is 2.40. The normalized spacial score (nSPS) is 31.4. The lowest BCUT2D eigenvalue weighted by atomic mass is 9.72. The largest absolute Gasteiger partial charge is 0.325 e. The molecule has 19 heavy (non-hydrogen) atoms. The predicted octanol–water partition coefficient (Wildman–Crippen LogP) is 4.83. The van der Waals surface area contributed by atoms with Gasteiger partial charge in [0.05, 0.1) is 0 Å². The molecule has 2 fully saturated rings. The first-order chi connectivity index (χ1) is 9.06. The lowest BCUT2D eigenvalue weighted by molar-refractivity contribution is 0.204. The first-order valence-electron chi connectivity index (χ1n) is 7.29. The topological polar surface area (TPSA) is 26.0 Å². The van der Waals surface area contributed by atoms with E-state index in [9.17, 15) is 0 Å². The summed E-state index contributed by atoms with van der Waals surface area (Å²) in [6.45, 7) is 0. The highest BCUT2D eigenvalue weighted by Crippen LogP contribution is 2.46. The lowest BCUT2D eigenvalue weighted by Crippen LogP contribution is -2.46. The molecular formula is C16H21Cl2N. The minimum Gasteiger partial charge on any atom is -0.325 e. The van der Waals surface area contributed by atoms with Crippen LogP contribution in [-0.2, 0) is 6.42 Å². The number of hydrogen-bond acceptors (Lipinski definition) is 1. The first-order valence-corrected chi connectivity index (χ1v) is 8.04. The van der Waals surface area contributed by atoms with Gasteiger partial charge in [0.15, 0.2) is 0 Å². The average molecular weight is 298 g/mol. The van der Waals surface area contributed by atoms with Gasteiger partial charge in [0.1, 0.15) is 0 Å². The van der Waals surface area contributed by atoms with Crippen LogP contribution in [0.1, 0.15) is 44.1 Å². The molecule has 3 rings (SSSR count). The quantitative estimate of drug-likeness (QED) is 0.849. The Kier molecular flexibility index (Phi) is 3.81. The van der Waals surface area contributed by atoms with Gasteiger partial charge in [-0.05, 0) is 61.6 Å². The van der Waals surface area contributed by atoms with Crippen molar-refractivity contribution in [3.8, 4) is 0 Å². The van der Waals surface area contributed by atoms with Gasteiger partial charge in [0.25, 0.3) is 0 Å². The molecular weight excluding hydrogens is 277 g/mol. The fourth-order valence-corrected chi connectivity index (χ4v) is 4.09. The van der Waals surface area contributed by atoms with Gasteiger partial charge in [-0.1, -0.05) is 42.1 Å². The SMILES string of the molecule is NC1(Cc2ccc(Cl)cc2Cl)CCCC(C2CC2)C1. The Morgan fingerprint density at radius 2 is 1.95 bits per heavy atom. The highest BCUT2D eigenvalue weighted by molar-refractivity contribution is 6.35. The second-order valence-corrected chi connectivity index (χ2v) is 7.31. The molecule has 1 aromatic carbocycles. The molecule has 1 nitrogen and oxygen atoms in total. The van der Waals surface area contributed by atoms with Gasteiger partial charge in [-0.3, -0.25) is 0 Å². The third-order valence-electron chi connectivity index (χ3n) is 4.76. The smallest absolute Gasteiger partial charge is 0.0453 e. The van der Waals surface area contributed by atoms with Crippen LogP contribution in [0.5, 0.6) is 0 Å². The molecule has 0 amide bonds. The zero-order valence-corrected chi connectivity index (χ0v) is 12.7. The molecule has 0 aliphatic heterocycles. The molecule has 0 bridgehead atoms. The third-order valence-corrected chi connectivity index (χ3v) is 5.35. The third kappa shape index (κ3) is 3.26. The van der Waals surface area contributed by atoms with Crippen LogP contribution in [0.15, 0.2) is 18.2 Å². The summed E-state index contributed by atoms with van der Waals surface area (Å²) in [5.74, 6) is 1.81. The van der Waals surface area contributed by atoms with Gasteiger partial charge in [-0.15, -0.1) is 0 Å². The van der Waals surface area contributed by atoms with E-state index in [0.717, 1.165) is 41.7 Å². The summed E-state index contributed by atoms with van der Waals surface area (Å²) >= 11 is 12.2. The molecule has 0 saturated heterocycles. The van der Waals surface area contributed by atoms with Crippen LogP contribution >= 0.6 is 23.2 Å². The van der Waals surface area contributed by atoms with Crippen LogP contribution in [0.25, 0.3) is 0 Å².